The minimum absolute atomic E-state index is 0.294. The monoisotopic (exact) mass is 392 g/mol. The number of halogens is 3. The van der Waals surface area contributed by atoms with Crippen LogP contribution in [0.2, 0.25) is 0 Å². The topological polar surface area (TPSA) is 0 Å². The van der Waals surface area contributed by atoms with Gasteiger partial charge in [0, 0.05) is 0 Å². The molecule has 3 heteroatoms. The quantitative estimate of drug-likeness (QED) is 0.432. The van der Waals surface area contributed by atoms with E-state index in [4.69, 9.17) is 0 Å². The van der Waals surface area contributed by atoms with E-state index in [9.17, 15) is 13.2 Å². The predicted molar refractivity (Wildman–Crippen MR) is 112 cm³/mol. The Morgan fingerprint density at radius 3 is 1.90 bits per heavy atom. The van der Waals surface area contributed by atoms with E-state index in [1.807, 2.05) is 51.1 Å². The first-order valence-corrected chi connectivity index (χ1v) is 9.70. The van der Waals surface area contributed by atoms with Crippen molar-refractivity contribution >= 4 is 5.57 Å². The van der Waals surface area contributed by atoms with Crippen LogP contribution in [-0.4, -0.2) is 6.18 Å². The summed E-state index contributed by atoms with van der Waals surface area (Å²) in [5.74, 6) is 0. The first-order chi connectivity index (χ1) is 13.6. The number of benzene rings is 3. The minimum Gasteiger partial charge on any atom is -0.169 e. The lowest BCUT2D eigenvalue weighted by Crippen LogP contribution is -2.41. The van der Waals surface area contributed by atoms with Gasteiger partial charge < -0.3 is 0 Å². The predicted octanol–water partition coefficient (Wildman–Crippen LogP) is 7.21. The van der Waals surface area contributed by atoms with E-state index in [-0.39, 0.29) is 0 Å². The van der Waals surface area contributed by atoms with Crippen LogP contribution in [-0.2, 0) is 5.41 Å². The Hall–Kier alpha value is -2.81. The maximum absolute atomic E-state index is 14.9. The highest BCUT2D eigenvalue weighted by Crippen LogP contribution is 2.56. The van der Waals surface area contributed by atoms with Crippen LogP contribution in [0.15, 0.2) is 66.7 Å². The van der Waals surface area contributed by atoms with Crippen molar-refractivity contribution in [1.82, 2.24) is 0 Å². The van der Waals surface area contributed by atoms with Gasteiger partial charge >= 0.3 is 6.18 Å². The van der Waals surface area contributed by atoms with Gasteiger partial charge in [-0.3, -0.25) is 0 Å². The molecule has 4 rings (SSSR count). The number of allylic oxidation sites excluding steroid dienone is 1. The molecule has 0 saturated heterocycles. The number of hydrogen-bond donors (Lipinski definition) is 0. The Balaban J connectivity index is 2.10. The van der Waals surface area contributed by atoms with Crippen LogP contribution in [0.1, 0.15) is 44.5 Å². The second-order valence-corrected chi connectivity index (χ2v) is 8.05. The number of alkyl halides is 3. The van der Waals surface area contributed by atoms with E-state index in [0.717, 1.165) is 22.3 Å². The molecule has 1 aliphatic carbocycles. The molecule has 3 aromatic rings. The SMILES string of the molecule is Cc1ccc(C2=CC(c3ccc(C)cc3C)(C(F)(F)F)c3ccccc32)c(C)c1. The van der Waals surface area contributed by atoms with E-state index >= 15 is 0 Å². The van der Waals surface area contributed by atoms with Crippen LogP contribution in [0.4, 0.5) is 13.2 Å². The number of aryl methyl sites for hydroxylation is 4. The summed E-state index contributed by atoms with van der Waals surface area (Å²) in [5.41, 5.74) is 4.25. The molecule has 0 aliphatic heterocycles. The molecule has 0 heterocycles. The molecule has 0 bridgehead atoms. The first-order valence-electron chi connectivity index (χ1n) is 9.70. The molecule has 1 atom stereocenters. The lowest BCUT2D eigenvalue weighted by molar-refractivity contribution is -0.163. The molecular weight excluding hydrogens is 369 g/mol. The second kappa shape index (κ2) is 6.62. The lowest BCUT2D eigenvalue weighted by atomic mass is 9.73. The van der Waals surface area contributed by atoms with Crippen LogP contribution < -0.4 is 0 Å². The summed E-state index contributed by atoms with van der Waals surface area (Å²) < 4.78 is 44.6. The summed E-state index contributed by atoms with van der Waals surface area (Å²) in [5, 5.41) is 0. The fourth-order valence-electron chi connectivity index (χ4n) is 4.64. The first kappa shape index (κ1) is 19.5. The third kappa shape index (κ3) is 2.91. The zero-order valence-electron chi connectivity index (χ0n) is 17.0. The Morgan fingerprint density at radius 1 is 0.655 bits per heavy atom. The fourth-order valence-corrected chi connectivity index (χ4v) is 4.64. The molecule has 0 aromatic heterocycles. The summed E-state index contributed by atoms with van der Waals surface area (Å²) in [6, 6.07) is 18.1. The molecule has 0 nitrogen and oxygen atoms in total. The van der Waals surface area contributed by atoms with Crippen LogP contribution in [0.5, 0.6) is 0 Å². The van der Waals surface area contributed by atoms with Crippen molar-refractivity contribution in [3.63, 3.8) is 0 Å². The Labute approximate surface area is 169 Å². The maximum atomic E-state index is 14.9. The third-order valence-electron chi connectivity index (χ3n) is 5.93. The highest BCUT2D eigenvalue weighted by molar-refractivity contribution is 5.90. The molecule has 0 N–H and O–H groups in total. The van der Waals surface area contributed by atoms with Crippen molar-refractivity contribution < 1.29 is 13.2 Å². The average Bonchev–Trinajstić information content (AvgIpc) is 2.98. The van der Waals surface area contributed by atoms with Gasteiger partial charge in [-0.15, -0.1) is 0 Å². The normalized spacial score (nSPS) is 18.5. The smallest absolute Gasteiger partial charge is 0.169 e. The van der Waals surface area contributed by atoms with Crippen molar-refractivity contribution in [1.29, 1.82) is 0 Å². The van der Waals surface area contributed by atoms with Gasteiger partial charge in [0.2, 0.25) is 0 Å². The largest absolute Gasteiger partial charge is 0.405 e. The molecule has 1 aliphatic rings. The van der Waals surface area contributed by atoms with Gasteiger partial charge in [0.1, 0.15) is 5.41 Å². The molecule has 148 valence electrons. The highest BCUT2D eigenvalue weighted by atomic mass is 19.4. The van der Waals surface area contributed by atoms with Crippen molar-refractivity contribution in [2.75, 3.05) is 0 Å². The van der Waals surface area contributed by atoms with E-state index in [2.05, 4.69) is 0 Å². The fraction of sp³-hybridized carbons (Fsp3) is 0.231. The summed E-state index contributed by atoms with van der Waals surface area (Å²) in [6.07, 6.45) is -3.03. The van der Waals surface area contributed by atoms with Crippen LogP contribution in [0.3, 0.4) is 0 Å². The van der Waals surface area contributed by atoms with Crippen molar-refractivity contribution in [3.8, 4) is 0 Å². The standard InChI is InChI=1S/C26H23F3/c1-16-9-11-20(18(3)13-16)22-15-25(26(27,28)29,24-8-6-5-7-21(22)24)23-12-10-17(2)14-19(23)4/h5-15H,1-4H3. The lowest BCUT2D eigenvalue weighted by Gasteiger charge is -2.33. The van der Waals surface area contributed by atoms with Gasteiger partial charge in [-0.2, -0.15) is 13.2 Å². The molecule has 1 unspecified atom stereocenters. The van der Waals surface area contributed by atoms with Crippen LogP contribution in [0.25, 0.3) is 5.57 Å². The number of hydrogen-bond acceptors (Lipinski definition) is 0. The molecule has 0 fully saturated rings. The van der Waals surface area contributed by atoms with Gasteiger partial charge in [0.25, 0.3) is 0 Å². The Morgan fingerprint density at radius 2 is 1.28 bits per heavy atom. The van der Waals surface area contributed by atoms with E-state index < -0.39 is 11.6 Å². The Kier molecular flexibility index (Phi) is 4.45. The minimum atomic E-state index is -4.47. The van der Waals surface area contributed by atoms with Gasteiger partial charge in [0.05, 0.1) is 0 Å². The van der Waals surface area contributed by atoms with Gasteiger partial charge in [-0.25, -0.2) is 0 Å². The maximum Gasteiger partial charge on any atom is 0.405 e. The molecule has 0 saturated carbocycles. The van der Waals surface area contributed by atoms with Crippen LogP contribution in [0, 0.1) is 27.7 Å². The van der Waals surface area contributed by atoms with E-state index in [0.29, 0.717) is 27.8 Å². The molecule has 29 heavy (non-hydrogen) atoms. The molecule has 3 aromatic carbocycles. The molecule has 0 spiro atoms. The van der Waals surface area contributed by atoms with Crippen LogP contribution >= 0.6 is 0 Å². The molecule has 0 amide bonds. The highest BCUT2D eigenvalue weighted by Gasteiger charge is 2.59. The van der Waals surface area contributed by atoms with E-state index in [1.54, 1.807) is 37.3 Å². The number of fused-ring (bicyclic) bond motifs is 1. The summed E-state index contributed by atoms with van der Waals surface area (Å²) in [6.45, 7) is 7.61. The third-order valence-corrected chi connectivity index (χ3v) is 5.93. The summed E-state index contributed by atoms with van der Waals surface area (Å²) in [4.78, 5) is 0. The van der Waals surface area contributed by atoms with E-state index in [1.165, 1.54) is 6.08 Å². The van der Waals surface area contributed by atoms with Gasteiger partial charge in [-0.1, -0.05) is 77.9 Å². The average molecular weight is 392 g/mol. The van der Waals surface area contributed by atoms with Crippen molar-refractivity contribution in [2.45, 2.75) is 39.3 Å². The van der Waals surface area contributed by atoms with Crippen molar-refractivity contribution in [2.24, 2.45) is 0 Å². The number of rotatable bonds is 2. The zero-order chi connectivity index (χ0) is 21.0. The Bertz CT molecular complexity index is 1130. The second-order valence-electron chi connectivity index (χ2n) is 8.05. The molecule has 0 radical (unpaired) electrons. The van der Waals surface area contributed by atoms with Gasteiger partial charge in [-0.05, 0) is 66.6 Å². The zero-order valence-corrected chi connectivity index (χ0v) is 17.0. The van der Waals surface area contributed by atoms with Gasteiger partial charge in [0.15, 0.2) is 0 Å². The summed E-state index contributed by atoms with van der Waals surface area (Å²) >= 11 is 0. The van der Waals surface area contributed by atoms with Crippen molar-refractivity contribution in [3.05, 3.63) is 111 Å². The molecular formula is C26H23F3. The summed E-state index contributed by atoms with van der Waals surface area (Å²) in [7, 11) is 0.